The fourth-order valence-corrected chi connectivity index (χ4v) is 5.29. The second-order valence-electron chi connectivity index (χ2n) is 9.95. The number of nitrogens with zero attached hydrogens (tertiary/aromatic N) is 4. The van der Waals surface area contributed by atoms with E-state index in [1.807, 2.05) is 6.20 Å². The molecule has 2 aliphatic rings. The predicted molar refractivity (Wildman–Crippen MR) is 137 cm³/mol. The van der Waals surface area contributed by atoms with Crippen LogP contribution in [-0.4, -0.2) is 76.8 Å². The van der Waals surface area contributed by atoms with E-state index in [0.29, 0.717) is 18.5 Å². The molecule has 2 aromatic heterocycles. The fourth-order valence-electron chi connectivity index (χ4n) is 5.29. The highest BCUT2D eigenvalue weighted by Crippen LogP contribution is 2.37. The second-order valence-corrected chi connectivity index (χ2v) is 9.95. The molecule has 0 radical (unpaired) electrons. The van der Waals surface area contributed by atoms with Gasteiger partial charge in [-0.3, -0.25) is 4.90 Å². The SMILES string of the molecule is COCC(C)Nc1ncc2c(-c3ccc(CN4CCOCC4)cc3)cc(C3CCC(O)CC3)n2n1. The highest BCUT2D eigenvalue weighted by Gasteiger charge is 2.25. The largest absolute Gasteiger partial charge is 0.393 e. The smallest absolute Gasteiger partial charge is 0.241 e. The highest BCUT2D eigenvalue weighted by molar-refractivity contribution is 5.81. The quantitative estimate of drug-likeness (QED) is 0.510. The Bertz CT molecular complexity index is 1100. The number of aromatic nitrogens is 3. The maximum Gasteiger partial charge on any atom is 0.241 e. The number of hydrogen-bond acceptors (Lipinski definition) is 7. The lowest BCUT2D eigenvalue weighted by molar-refractivity contribution is 0.0342. The van der Waals surface area contributed by atoms with Gasteiger partial charge in [-0.05, 0) is 49.8 Å². The molecule has 1 aliphatic carbocycles. The van der Waals surface area contributed by atoms with Crippen molar-refractivity contribution >= 4 is 11.5 Å². The molecule has 188 valence electrons. The monoisotopic (exact) mass is 479 g/mol. The summed E-state index contributed by atoms with van der Waals surface area (Å²) in [5.41, 5.74) is 5.85. The van der Waals surface area contributed by atoms with Crippen molar-refractivity contribution in [2.45, 2.75) is 57.2 Å². The first-order valence-electron chi connectivity index (χ1n) is 12.8. The molecular formula is C27H37N5O3. The van der Waals surface area contributed by atoms with E-state index in [4.69, 9.17) is 14.6 Å². The van der Waals surface area contributed by atoms with Gasteiger partial charge in [0.05, 0.1) is 37.6 Å². The number of aliphatic hydroxyl groups is 1. The van der Waals surface area contributed by atoms with Crippen LogP contribution in [0.4, 0.5) is 5.95 Å². The molecule has 2 N–H and O–H groups in total. The molecule has 3 heterocycles. The molecule has 1 saturated heterocycles. The Labute approximate surface area is 207 Å². The van der Waals surface area contributed by atoms with Gasteiger partial charge in [-0.2, -0.15) is 0 Å². The molecule has 35 heavy (non-hydrogen) atoms. The Hall–Kier alpha value is -2.52. The third-order valence-corrected chi connectivity index (χ3v) is 7.23. The molecule has 8 nitrogen and oxygen atoms in total. The van der Waals surface area contributed by atoms with Crippen LogP contribution in [0.3, 0.4) is 0 Å². The third kappa shape index (κ3) is 5.67. The molecule has 1 atom stereocenters. The van der Waals surface area contributed by atoms with Gasteiger partial charge >= 0.3 is 0 Å². The maximum absolute atomic E-state index is 10.0. The number of morpholine rings is 1. The van der Waals surface area contributed by atoms with Gasteiger partial charge in [-0.15, -0.1) is 5.10 Å². The summed E-state index contributed by atoms with van der Waals surface area (Å²) in [6, 6.07) is 11.3. The van der Waals surface area contributed by atoms with E-state index < -0.39 is 0 Å². The van der Waals surface area contributed by atoms with Crippen LogP contribution in [0, 0.1) is 0 Å². The van der Waals surface area contributed by atoms with E-state index >= 15 is 0 Å². The fraction of sp³-hybridized carbons (Fsp3) is 0.556. The Morgan fingerprint density at radius 1 is 1.14 bits per heavy atom. The van der Waals surface area contributed by atoms with Crippen molar-refractivity contribution in [1.82, 2.24) is 19.5 Å². The number of benzene rings is 1. The average Bonchev–Trinajstić information content (AvgIpc) is 3.24. The molecule has 1 unspecified atom stereocenters. The van der Waals surface area contributed by atoms with Crippen LogP contribution in [0.1, 0.15) is 49.8 Å². The van der Waals surface area contributed by atoms with Gasteiger partial charge in [0.15, 0.2) is 0 Å². The van der Waals surface area contributed by atoms with Crippen LogP contribution in [0.25, 0.3) is 16.6 Å². The Morgan fingerprint density at radius 3 is 2.60 bits per heavy atom. The summed E-state index contributed by atoms with van der Waals surface area (Å²) in [5, 5.41) is 18.3. The van der Waals surface area contributed by atoms with Crippen molar-refractivity contribution in [2.24, 2.45) is 0 Å². The van der Waals surface area contributed by atoms with E-state index in [0.717, 1.165) is 69.6 Å². The van der Waals surface area contributed by atoms with Crippen LogP contribution < -0.4 is 5.32 Å². The minimum atomic E-state index is -0.183. The summed E-state index contributed by atoms with van der Waals surface area (Å²) in [4.78, 5) is 7.06. The molecule has 0 bridgehead atoms. The topological polar surface area (TPSA) is 84.2 Å². The standard InChI is InChI=1S/C27H37N5O3/c1-19(18-34-2)29-27-28-16-26-24(15-25(32(26)30-27)22-7-9-23(33)10-8-22)21-5-3-20(4-6-21)17-31-11-13-35-14-12-31/h3-6,15-16,19,22-23,33H,7-14,17-18H2,1-2H3,(H,29,30). The third-order valence-electron chi connectivity index (χ3n) is 7.23. The number of aliphatic hydroxyl groups excluding tert-OH is 1. The van der Waals surface area contributed by atoms with E-state index in [1.165, 1.54) is 16.8 Å². The molecular weight excluding hydrogens is 442 g/mol. The van der Waals surface area contributed by atoms with E-state index in [1.54, 1.807) is 7.11 Å². The van der Waals surface area contributed by atoms with Crippen molar-refractivity contribution in [3.05, 3.63) is 47.8 Å². The molecule has 3 aromatic rings. The average molecular weight is 480 g/mol. The maximum atomic E-state index is 10.0. The zero-order valence-electron chi connectivity index (χ0n) is 20.8. The number of ether oxygens (including phenoxy) is 2. The summed E-state index contributed by atoms with van der Waals surface area (Å²) in [6.07, 6.45) is 5.36. The summed E-state index contributed by atoms with van der Waals surface area (Å²) >= 11 is 0. The highest BCUT2D eigenvalue weighted by atomic mass is 16.5. The Kier molecular flexibility index (Phi) is 7.63. The lowest BCUT2D eigenvalue weighted by atomic mass is 9.85. The van der Waals surface area contributed by atoms with Crippen molar-refractivity contribution in [3.8, 4) is 11.1 Å². The molecule has 2 fully saturated rings. The first-order chi connectivity index (χ1) is 17.1. The number of rotatable bonds is 8. The molecule has 1 aromatic carbocycles. The van der Waals surface area contributed by atoms with Crippen LogP contribution in [0.2, 0.25) is 0 Å². The van der Waals surface area contributed by atoms with Gasteiger partial charge in [-0.1, -0.05) is 24.3 Å². The summed E-state index contributed by atoms with van der Waals surface area (Å²) in [5.74, 6) is 0.974. The number of hydrogen-bond donors (Lipinski definition) is 2. The lowest BCUT2D eigenvalue weighted by Crippen LogP contribution is -2.35. The Morgan fingerprint density at radius 2 is 1.89 bits per heavy atom. The van der Waals surface area contributed by atoms with Gasteiger partial charge in [0.25, 0.3) is 0 Å². The number of nitrogens with one attached hydrogen (secondary N) is 1. The van der Waals surface area contributed by atoms with Crippen LogP contribution in [0.15, 0.2) is 36.5 Å². The molecule has 0 amide bonds. The minimum absolute atomic E-state index is 0.111. The van der Waals surface area contributed by atoms with Gasteiger partial charge in [0.1, 0.15) is 0 Å². The van der Waals surface area contributed by atoms with Crippen LogP contribution in [0.5, 0.6) is 0 Å². The predicted octanol–water partition coefficient (Wildman–Crippen LogP) is 3.69. The summed E-state index contributed by atoms with van der Waals surface area (Å²) in [6.45, 7) is 7.20. The lowest BCUT2D eigenvalue weighted by Gasteiger charge is -2.26. The summed E-state index contributed by atoms with van der Waals surface area (Å²) in [7, 11) is 1.70. The first kappa shape index (κ1) is 24.2. The summed E-state index contributed by atoms with van der Waals surface area (Å²) < 4.78 is 12.8. The molecule has 1 saturated carbocycles. The molecule has 8 heteroatoms. The van der Waals surface area contributed by atoms with Crippen molar-refractivity contribution < 1.29 is 14.6 Å². The molecule has 0 spiro atoms. The van der Waals surface area contributed by atoms with E-state index in [-0.39, 0.29) is 12.1 Å². The number of methoxy groups -OCH3 is 1. The van der Waals surface area contributed by atoms with Gasteiger partial charge in [0, 0.05) is 50.0 Å². The zero-order valence-corrected chi connectivity index (χ0v) is 20.8. The van der Waals surface area contributed by atoms with Crippen molar-refractivity contribution in [1.29, 1.82) is 0 Å². The number of anilines is 1. The second kappa shape index (κ2) is 11.0. The van der Waals surface area contributed by atoms with Gasteiger partial charge in [0.2, 0.25) is 5.95 Å². The van der Waals surface area contributed by atoms with Crippen LogP contribution in [-0.2, 0) is 16.0 Å². The zero-order chi connectivity index (χ0) is 24.2. The normalized spacial score (nSPS) is 22.4. The van der Waals surface area contributed by atoms with E-state index in [2.05, 4.69) is 57.0 Å². The number of fused-ring (bicyclic) bond motifs is 1. The van der Waals surface area contributed by atoms with Gasteiger partial charge < -0.3 is 19.9 Å². The van der Waals surface area contributed by atoms with Gasteiger partial charge in [-0.25, -0.2) is 9.50 Å². The first-order valence-corrected chi connectivity index (χ1v) is 12.8. The molecule has 5 rings (SSSR count). The van der Waals surface area contributed by atoms with Crippen LogP contribution >= 0.6 is 0 Å². The minimum Gasteiger partial charge on any atom is -0.393 e. The van der Waals surface area contributed by atoms with Crippen molar-refractivity contribution in [3.63, 3.8) is 0 Å². The Balaban J connectivity index is 1.45. The van der Waals surface area contributed by atoms with Crippen molar-refractivity contribution in [2.75, 3.05) is 45.3 Å². The molecule has 1 aliphatic heterocycles. The van der Waals surface area contributed by atoms with E-state index in [9.17, 15) is 5.11 Å².